The normalized spacial score (nSPS) is 12.1. The molecule has 1 amide bonds. The van der Waals surface area contributed by atoms with Gasteiger partial charge in [0.15, 0.2) is 0 Å². The zero-order chi connectivity index (χ0) is 24.7. The maximum atomic E-state index is 13.5. The van der Waals surface area contributed by atoms with Crippen molar-refractivity contribution < 1.29 is 17.9 Å². The van der Waals surface area contributed by atoms with Gasteiger partial charge >= 0.3 is 0 Å². The van der Waals surface area contributed by atoms with Crippen molar-refractivity contribution in [1.29, 1.82) is 0 Å². The summed E-state index contributed by atoms with van der Waals surface area (Å²) in [5.41, 5.74) is 3.45. The fourth-order valence-corrected chi connectivity index (χ4v) is 5.28. The van der Waals surface area contributed by atoms with E-state index in [-0.39, 0.29) is 23.4 Å². The van der Waals surface area contributed by atoms with Crippen LogP contribution in [-0.4, -0.2) is 28.0 Å². The van der Waals surface area contributed by atoms with Crippen LogP contribution in [0.5, 0.6) is 5.75 Å². The van der Waals surface area contributed by atoms with Crippen molar-refractivity contribution in [1.82, 2.24) is 5.32 Å². The van der Waals surface area contributed by atoms with E-state index in [9.17, 15) is 13.2 Å². The van der Waals surface area contributed by atoms with Gasteiger partial charge in [-0.1, -0.05) is 56.3 Å². The summed E-state index contributed by atoms with van der Waals surface area (Å²) < 4.78 is 33.5. The van der Waals surface area contributed by atoms with Crippen LogP contribution in [0.15, 0.2) is 77.7 Å². The molecule has 3 aromatic carbocycles. The molecule has 7 heteroatoms. The first-order chi connectivity index (χ1) is 16.3. The molecule has 0 radical (unpaired) electrons. The van der Waals surface area contributed by atoms with Gasteiger partial charge in [-0.15, -0.1) is 0 Å². The minimum atomic E-state index is -3.94. The third-order valence-electron chi connectivity index (χ3n) is 5.82. The Morgan fingerprint density at radius 3 is 2.24 bits per heavy atom. The average Bonchev–Trinajstić information content (AvgIpc) is 2.86. The Hall–Kier alpha value is -3.32. The highest BCUT2D eigenvalue weighted by molar-refractivity contribution is 7.92. The molecule has 180 valence electrons. The number of rotatable bonds is 10. The molecule has 3 rings (SSSR count). The first kappa shape index (κ1) is 25.3. The molecule has 0 saturated carbocycles. The molecule has 1 atom stereocenters. The summed E-state index contributed by atoms with van der Waals surface area (Å²) in [6.07, 6.45) is 1.50. The minimum Gasteiger partial charge on any atom is -0.496 e. The smallest absolute Gasteiger partial charge is 0.264 e. The van der Waals surface area contributed by atoms with Crippen molar-refractivity contribution in [2.45, 2.75) is 44.6 Å². The number of benzene rings is 3. The molecule has 0 aliphatic heterocycles. The zero-order valence-corrected chi connectivity index (χ0v) is 20.9. The highest BCUT2D eigenvalue weighted by atomic mass is 32.2. The third-order valence-corrected chi connectivity index (χ3v) is 7.60. The number of hydrogen-bond acceptors (Lipinski definition) is 4. The summed E-state index contributed by atoms with van der Waals surface area (Å²) in [7, 11) is -2.31. The van der Waals surface area contributed by atoms with E-state index in [1.54, 1.807) is 37.4 Å². The predicted octanol–water partition coefficient (Wildman–Crippen LogP) is 5.03. The van der Waals surface area contributed by atoms with Gasteiger partial charge in [-0.2, -0.15) is 0 Å². The number of carbonyl (C=O) groups excluding carboxylic acids is 1. The summed E-state index contributed by atoms with van der Waals surface area (Å²) in [4.78, 5) is 13.3. The number of carbonyl (C=O) groups is 1. The highest BCUT2D eigenvalue weighted by Gasteiger charge is 2.28. The van der Waals surface area contributed by atoms with Crippen LogP contribution in [0.25, 0.3) is 0 Å². The SMILES string of the molecule is CCc1ccc(N(CC(=O)N[C@H](CC)c2ccc(OC)c(C)c2)S(=O)(=O)c2ccccc2)cc1. The third kappa shape index (κ3) is 5.78. The molecule has 1 N–H and O–H groups in total. The van der Waals surface area contributed by atoms with Gasteiger partial charge in [-0.05, 0) is 66.8 Å². The molecule has 0 aliphatic rings. The lowest BCUT2D eigenvalue weighted by Crippen LogP contribution is -2.42. The van der Waals surface area contributed by atoms with E-state index < -0.39 is 10.0 Å². The Morgan fingerprint density at radius 2 is 1.68 bits per heavy atom. The number of aryl methyl sites for hydroxylation is 2. The number of anilines is 1. The number of nitrogens with one attached hydrogen (secondary N) is 1. The molecule has 0 unspecified atom stereocenters. The van der Waals surface area contributed by atoms with E-state index >= 15 is 0 Å². The van der Waals surface area contributed by atoms with Crippen LogP contribution in [0.3, 0.4) is 0 Å². The van der Waals surface area contributed by atoms with Gasteiger partial charge < -0.3 is 10.1 Å². The van der Waals surface area contributed by atoms with Gasteiger partial charge in [0.05, 0.1) is 23.7 Å². The molecule has 0 bridgehead atoms. The minimum absolute atomic E-state index is 0.139. The fraction of sp³-hybridized carbons (Fsp3) is 0.296. The number of amides is 1. The van der Waals surface area contributed by atoms with Gasteiger partial charge in [0.25, 0.3) is 10.0 Å². The van der Waals surface area contributed by atoms with Crippen LogP contribution in [0.2, 0.25) is 0 Å². The number of hydrogen-bond donors (Lipinski definition) is 1. The van der Waals surface area contributed by atoms with Crippen molar-refractivity contribution in [3.63, 3.8) is 0 Å². The Kier molecular flexibility index (Phi) is 8.34. The predicted molar refractivity (Wildman–Crippen MR) is 136 cm³/mol. The van der Waals surface area contributed by atoms with Crippen LogP contribution in [0.1, 0.15) is 43.0 Å². The molecule has 0 aromatic heterocycles. The standard InChI is InChI=1S/C27H32N2O4S/c1-5-21-12-15-23(16-13-21)29(34(31,32)24-10-8-7-9-11-24)19-27(30)28-25(6-2)22-14-17-26(33-4)20(3)18-22/h7-18,25H,5-6,19H2,1-4H3,(H,28,30)/t25-/m1/s1. The molecular weight excluding hydrogens is 448 g/mol. The van der Waals surface area contributed by atoms with Crippen LogP contribution in [-0.2, 0) is 21.2 Å². The van der Waals surface area contributed by atoms with E-state index in [1.165, 1.54) is 16.4 Å². The molecule has 0 fully saturated rings. The number of nitrogens with zero attached hydrogens (tertiary/aromatic N) is 1. The van der Waals surface area contributed by atoms with Crippen molar-refractivity contribution in [2.24, 2.45) is 0 Å². The Bertz CT molecular complexity index is 1210. The average molecular weight is 481 g/mol. The highest BCUT2D eigenvalue weighted by Crippen LogP contribution is 2.26. The molecule has 0 aliphatic carbocycles. The summed E-state index contributed by atoms with van der Waals surface area (Å²) in [6, 6.07) is 21.0. The van der Waals surface area contributed by atoms with E-state index in [4.69, 9.17) is 4.74 Å². The molecule has 6 nitrogen and oxygen atoms in total. The van der Waals surface area contributed by atoms with E-state index in [0.29, 0.717) is 12.1 Å². The lowest BCUT2D eigenvalue weighted by molar-refractivity contribution is -0.120. The summed E-state index contributed by atoms with van der Waals surface area (Å²) in [6.45, 7) is 5.64. The van der Waals surface area contributed by atoms with Gasteiger partial charge in [-0.3, -0.25) is 9.10 Å². The fourth-order valence-electron chi connectivity index (χ4n) is 3.84. The maximum absolute atomic E-state index is 13.5. The number of ether oxygens (including phenoxy) is 1. The van der Waals surface area contributed by atoms with Crippen molar-refractivity contribution in [3.05, 3.63) is 89.5 Å². The largest absolute Gasteiger partial charge is 0.496 e. The van der Waals surface area contributed by atoms with Crippen LogP contribution < -0.4 is 14.4 Å². The molecule has 0 spiro atoms. The summed E-state index contributed by atoms with van der Waals surface area (Å²) >= 11 is 0. The monoisotopic (exact) mass is 480 g/mol. The number of sulfonamides is 1. The summed E-state index contributed by atoms with van der Waals surface area (Å²) in [5, 5.41) is 3.01. The quantitative estimate of drug-likeness (QED) is 0.442. The number of methoxy groups -OCH3 is 1. The second-order valence-corrected chi connectivity index (χ2v) is 9.96. The van der Waals surface area contributed by atoms with Crippen LogP contribution >= 0.6 is 0 Å². The van der Waals surface area contributed by atoms with Crippen molar-refractivity contribution in [2.75, 3.05) is 18.0 Å². The van der Waals surface area contributed by atoms with Crippen LogP contribution in [0.4, 0.5) is 5.69 Å². The van der Waals surface area contributed by atoms with Crippen molar-refractivity contribution >= 4 is 21.6 Å². The summed E-state index contributed by atoms with van der Waals surface area (Å²) in [5.74, 6) is 0.403. The van der Waals surface area contributed by atoms with E-state index in [1.807, 2.05) is 51.1 Å². The topological polar surface area (TPSA) is 75.7 Å². The first-order valence-corrected chi connectivity index (χ1v) is 12.8. The molecule has 34 heavy (non-hydrogen) atoms. The van der Waals surface area contributed by atoms with Gasteiger partial charge in [0.2, 0.25) is 5.91 Å². The van der Waals surface area contributed by atoms with Gasteiger partial charge in [0, 0.05) is 0 Å². The molecule has 0 saturated heterocycles. The second-order valence-electron chi connectivity index (χ2n) is 8.10. The maximum Gasteiger partial charge on any atom is 0.264 e. The van der Waals surface area contributed by atoms with Crippen molar-refractivity contribution in [3.8, 4) is 5.75 Å². The molecular formula is C27H32N2O4S. The Balaban J connectivity index is 1.89. The van der Waals surface area contributed by atoms with E-state index in [2.05, 4.69) is 5.32 Å². The van der Waals surface area contributed by atoms with Gasteiger partial charge in [-0.25, -0.2) is 8.42 Å². The zero-order valence-electron chi connectivity index (χ0n) is 20.1. The molecule has 3 aromatic rings. The lowest BCUT2D eigenvalue weighted by Gasteiger charge is -2.26. The second kappa shape index (κ2) is 11.2. The van der Waals surface area contributed by atoms with E-state index in [0.717, 1.165) is 28.9 Å². The van der Waals surface area contributed by atoms with Gasteiger partial charge in [0.1, 0.15) is 12.3 Å². The van der Waals surface area contributed by atoms with Crippen LogP contribution in [0, 0.1) is 6.92 Å². The Labute approximate surface area is 202 Å². The first-order valence-electron chi connectivity index (χ1n) is 11.4. The lowest BCUT2D eigenvalue weighted by atomic mass is 10.0. The molecule has 0 heterocycles. The Morgan fingerprint density at radius 1 is 1.00 bits per heavy atom.